The molecule has 0 atom stereocenters. The third-order valence-corrected chi connectivity index (χ3v) is 7.18. The van der Waals surface area contributed by atoms with Crippen LogP contribution in [0.5, 0.6) is 11.5 Å². The number of ether oxygens (including phenoxy) is 1. The molecule has 4 aromatic carbocycles. The molecule has 0 bridgehead atoms. The summed E-state index contributed by atoms with van der Waals surface area (Å²) in [5, 5.41) is 22.6. The van der Waals surface area contributed by atoms with Crippen LogP contribution in [0, 0.1) is 29.8 Å². The van der Waals surface area contributed by atoms with Crippen LogP contribution in [0.1, 0.15) is 0 Å². The lowest BCUT2D eigenvalue weighted by atomic mass is 10.2. The second-order valence-corrected chi connectivity index (χ2v) is 9.98. The van der Waals surface area contributed by atoms with E-state index in [1.54, 1.807) is 48.5 Å². The number of non-ortho nitro benzene ring substituents is 2. The monoisotopic (exact) mass is 612 g/mol. The molecule has 0 amide bonds. The highest BCUT2D eigenvalue weighted by molar-refractivity contribution is 7.71. The summed E-state index contributed by atoms with van der Waals surface area (Å²) in [7, 11) is 0. The summed E-state index contributed by atoms with van der Waals surface area (Å²) in [6.45, 7) is 0. The van der Waals surface area contributed by atoms with Crippen LogP contribution in [0.25, 0.3) is 33.2 Å². The van der Waals surface area contributed by atoms with Gasteiger partial charge in [-0.3, -0.25) is 39.0 Å². The normalized spacial score (nSPS) is 11.1. The minimum Gasteiger partial charge on any atom is -0.457 e. The van der Waals surface area contributed by atoms with E-state index in [1.807, 2.05) is 0 Å². The fraction of sp³-hybridized carbons (Fsp3) is 0. The van der Waals surface area contributed by atoms with E-state index >= 15 is 0 Å². The summed E-state index contributed by atoms with van der Waals surface area (Å²) in [5.41, 5.74) is 0.265. The van der Waals surface area contributed by atoms with E-state index in [0.717, 1.165) is 0 Å². The van der Waals surface area contributed by atoms with E-state index in [9.17, 15) is 29.8 Å². The van der Waals surface area contributed by atoms with Gasteiger partial charge in [-0.05, 0) is 85.1 Å². The maximum Gasteiger partial charge on any atom is 0.271 e. The molecule has 6 aromatic rings. The van der Waals surface area contributed by atoms with E-state index in [-0.39, 0.29) is 42.7 Å². The van der Waals surface area contributed by atoms with Crippen molar-refractivity contribution in [2.24, 2.45) is 0 Å². The van der Waals surface area contributed by atoms with Gasteiger partial charge in [0, 0.05) is 24.3 Å². The number of hydrogen-bond acceptors (Lipinski definition) is 9. The van der Waals surface area contributed by atoms with Crippen molar-refractivity contribution in [2.45, 2.75) is 0 Å². The number of H-pyrrole nitrogens is 2. The largest absolute Gasteiger partial charge is 0.457 e. The van der Waals surface area contributed by atoms with Crippen LogP contribution < -0.4 is 15.9 Å². The van der Waals surface area contributed by atoms with Gasteiger partial charge in [0.05, 0.1) is 43.0 Å². The van der Waals surface area contributed by atoms with Gasteiger partial charge in [-0.2, -0.15) is 0 Å². The number of nitrogens with zero attached hydrogens (tertiary/aromatic N) is 4. The molecule has 43 heavy (non-hydrogen) atoms. The number of benzene rings is 4. The van der Waals surface area contributed by atoms with Gasteiger partial charge >= 0.3 is 0 Å². The van der Waals surface area contributed by atoms with Crippen LogP contribution >= 0.6 is 24.4 Å². The van der Waals surface area contributed by atoms with Crippen LogP contribution in [0.2, 0.25) is 0 Å². The van der Waals surface area contributed by atoms with Crippen LogP contribution in [0.3, 0.4) is 0 Å². The van der Waals surface area contributed by atoms with Gasteiger partial charge in [-0.25, -0.2) is 0 Å². The number of rotatable bonds is 6. The zero-order chi connectivity index (χ0) is 30.4. The first kappa shape index (κ1) is 27.4. The Morgan fingerprint density at radius 1 is 0.605 bits per heavy atom. The lowest BCUT2D eigenvalue weighted by Gasteiger charge is -2.11. The van der Waals surface area contributed by atoms with Crippen molar-refractivity contribution in [2.75, 3.05) is 0 Å². The molecule has 0 aliphatic carbocycles. The smallest absolute Gasteiger partial charge is 0.271 e. The number of fused-ring (bicyclic) bond motifs is 2. The van der Waals surface area contributed by atoms with Crippen LogP contribution in [-0.2, 0) is 0 Å². The average Bonchev–Trinajstić information content (AvgIpc) is 2.98. The molecule has 2 aromatic heterocycles. The van der Waals surface area contributed by atoms with Crippen molar-refractivity contribution in [1.82, 2.24) is 19.1 Å². The molecule has 0 aliphatic heterocycles. The maximum absolute atomic E-state index is 13.1. The summed E-state index contributed by atoms with van der Waals surface area (Å²) in [6.07, 6.45) is 0. The van der Waals surface area contributed by atoms with Gasteiger partial charge in [0.2, 0.25) is 0 Å². The quantitative estimate of drug-likeness (QED) is 0.130. The Bertz CT molecular complexity index is 2190. The molecule has 0 unspecified atom stereocenters. The molecule has 6 rings (SSSR count). The molecular weight excluding hydrogens is 596 g/mol. The van der Waals surface area contributed by atoms with Crippen molar-refractivity contribution in [3.63, 3.8) is 0 Å². The van der Waals surface area contributed by atoms with Gasteiger partial charge in [-0.15, -0.1) is 0 Å². The van der Waals surface area contributed by atoms with Crippen LogP contribution in [-0.4, -0.2) is 28.9 Å². The highest BCUT2D eigenvalue weighted by Gasteiger charge is 2.14. The molecule has 0 aliphatic rings. The van der Waals surface area contributed by atoms with Crippen LogP contribution in [0.15, 0.2) is 94.5 Å². The Morgan fingerprint density at radius 3 is 1.33 bits per heavy atom. The Kier molecular flexibility index (Phi) is 6.72. The molecule has 0 radical (unpaired) electrons. The molecule has 2 heterocycles. The molecule has 2 N–H and O–H groups in total. The third kappa shape index (κ3) is 4.98. The SMILES string of the molecule is O=c1c2ccc([N+](=O)[O-])cc2[nH]c(=S)n1-c1ccc(Oc2ccc(-n3c(=S)[nH]c4cc([N+](=O)[O-])ccc4c3=O)cc2)cc1. The summed E-state index contributed by atoms with van der Waals surface area (Å²) in [4.78, 5) is 53.1. The predicted octanol–water partition coefficient (Wildman–Crippen LogP) is 6.02. The minimum absolute atomic E-state index is 0.0720. The fourth-order valence-electron chi connectivity index (χ4n) is 4.57. The molecule has 0 spiro atoms. The molecule has 13 nitrogen and oxygen atoms in total. The average molecular weight is 613 g/mol. The number of nitro groups is 2. The highest BCUT2D eigenvalue weighted by Crippen LogP contribution is 2.25. The number of nitro benzene ring substituents is 2. The summed E-state index contributed by atoms with van der Waals surface area (Å²) in [5.74, 6) is 0.912. The summed E-state index contributed by atoms with van der Waals surface area (Å²) in [6, 6.07) is 20.9. The lowest BCUT2D eigenvalue weighted by Crippen LogP contribution is -2.20. The summed E-state index contributed by atoms with van der Waals surface area (Å²) < 4.78 is 8.63. The number of aromatic nitrogens is 4. The number of hydrogen-bond donors (Lipinski definition) is 2. The molecular formula is C28H16N6O7S2. The van der Waals surface area contributed by atoms with Crippen molar-refractivity contribution < 1.29 is 14.6 Å². The van der Waals surface area contributed by atoms with E-state index in [2.05, 4.69) is 9.97 Å². The fourth-order valence-corrected chi connectivity index (χ4v) is 5.17. The second-order valence-electron chi connectivity index (χ2n) is 9.21. The zero-order valence-electron chi connectivity index (χ0n) is 21.5. The van der Waals surface area contributed by atoms with Gasteiger partial charge in [0.15, 0.2) is 9.54 Å². The first-order valence-electron chi connectivity index (χ1n) is 12.4. The van der Waals surface area contributed by atoms with Crippen LogP contribution in [0.4, 0.5) is 11.4 Å². The van der Waals surface area contributed by atoms with Crippen molar-refractivity contribution in [1.29, 1.82) is 0 Å². The molecule has 0 saturated carbocycles. The zero-order valence-corrected chi connectivity index (χ0v) is 23.2. The highest BCUT2D eigenvalue weighted by atomic mass is 32.1. The predicted molar refractivity (Wildman–Crippen MR) is 163 cm³/mol. The maximum atomic E-state index is 13.1. The molecule has 15 heteroatoms. The van der Waals surface area contributed by atoms with Gasteiger partial charge in [-0.1, -0.05) is 0 Å². The van der Waals surface area contributed by atoms with Crippen molar-refractivity contribution in [3.8, 4) is 22.9 Å². The lowest BCUT2D eigenvalue weighted by molar-refractivity contribution is -0.384. The van der Waals surface area contributed by atoms with E-state index in [4.69, 9.17) is 29.2 Å². The first-order chi connectivity index (χ1) is 20.6. The Morgan fingerprint density at radius 2 is 0.977 bits per heavy atom. The van der Waals surface area contributed by atoms with E-state index < -0.39 is 21.0 Å². The third-order valence-electron chi connectivity index (χ3n) is 6.61. The summed E-state index contributed by atoms with van der Waals surface area (Å²) >= 11 is 10.7. The van der Waals surface area contributed by atoms with Gasteiger partial charge in [0.1, 0.15) is 11.5 Å². The van der Waals surface area contributed by atoms with Crippen molar-refractivity contribution >= 4 is 57.6 Å². The first-order valence-corrected chi connectivity index (χ1v) is 13.2. The van der Waals surface area contributed by atoms with Gasteiger partial charge in [0.25, 0.3) is 22.5 Å². The van der Waals surface area contributed by atoms with E-state index in [1.165, 1.54) is 45.5 Å². The molecule has 0 fully saturated rings. The number of nitrogens with one attached hydrogen (secondary N) is 2. The minimum atomic E-state index is -0.552. The van der Waals surface area contributed by atoms with E-state index in [0.29, 0.717) is 22.9 Å². The molecule has 212 valence electrons. The van der Waals surface area contributed by atoms with Crippen molar-refractivity contribution in [3.05, 3.63) is 135 Å². The topological polar surface area (TPSA) is 171 Å². The van der Waals surface area contributed by atoms with Gasteiger partial charge < -0.3 is 14.7 Å². The standard InChI is InChI=1S/C28H16N6O7S2/c35-25-21-11-5-17(33(37)38)13-23(21)29-27(42)31(25)15-1-7-19(8-2-15)41-20-9-3-16(4-10-20)32-26(36)22-12-6-18(34(39)40)14-24(22)30-28(32)43/h1-14H,(H,29,42)(H,30,43). The second kappa shape index (κ2) is 10.6. The Labute approximate surface area is 249 Å². The Hall–Kier alpha value is -5.80. The Balaban J connectivity index is 1.26. The molecule has 0 saturated heterocycles. The number of aromatic amines is 2.